The molecule has 0 aromatic heterocycles. The van der Waals surface area contributed by atoms with E-state index in [1.807, 2.05) is 0 Å². The quantitative estimate of drug-likeness (QED) is 0.890. The standard InChI is InChI=1S/C11H11F3O3/c1-6-3-8(12)7(9(4-6)17-2)5-11(13,14)10(15)16/h3-4H,5H2,1-2H3,(H,15,16). The molecule has 0 radical (unpaired) electrons. The molecule has 94 valence electrons. The van der Waals surface area contributed by atoms with Gasteiger partial charge < -0.3 is 9.84 Å². The van der Waals surface area contributed by atoms with Crippen LogP contribution in [0.5, 0.6) is 5.75 Å². The number of carboxylic acid groups (broad SMARTS) is 1. The molecule has 0 amide bonds. The molecule has 0 aliphatic carbocycles. The van der Waals surface area contributed by atoms with E-state index < -0.39 is 29.7 Å². The van der Waals surface area contributed by atoms with Gasteiger partial charge >= 0.3 is 11.9 Å². The van der Waals surface area contributed by atoms with Gasteiger partial charge in [0.2, 0.25) is 0 Å². The molecule has 0 heterocycles. The van der Waals surface area contributed by atoms with Crippen LogP contribution < -0.4 is 4.74 Å². The fraction of sp³-hybridized carbons (Fsp3) is 0.364. The average molecular weight is 248 g/mol. The zero-order valence-corrected chi connectivity index (χ0v) is 9.26. The van der Waals surface area contributed by atoms with Crippen LogP contribution in [0.2, 0.25) is 0 Å². The number of methoxy groups -OCH3 is 1. The Morgan fingerprint density at radius 1 is 1.47 bits per heavy atom. The average Bonchev–Trinajstić information content (AvgIpc) is 2.21. The van der Waals surface area contributed by atoms with Gasteiger partial charge in [0, 0.05) is 5.56 Å². The van der Waals surface area contributed by atoms with Crippen molar-refractivity contribution in [2.75, 3.05) is 7.11 Å². The van der Waals surface area contributed by atoms with Crippen molar-refractivity contribution in [1.29, 1.82) is 0 Å². The van der Waals surface area contributed by atoms with Crippen molar-refractivity contribution in [1.82, 2.24) is 0 Å². The number of rotatable bonds is 4. The van der Waals surface area contributed by atoms with Gasteiger partial charge in [-0.3, -0.25) is 0 Å². The maximum atomic E-state index is 13.5. The first kappa shape index (κ1) is 13.3. The van der Waals surface area contributed by atoms with Crippen molar-refractivity contribution < 1.29 is 27.8 Å². The molecule has 0 aliphatic heterocycles. The summed E-state index contributed by atoms with van der Waals surface area (Å²) in [6.45, 7) is 1.57. The predicted molar refractivity (Wildman–Crippen MR) is 54.0 cm³/mol. The highest BCUT2D eigenvalue weighted by molar-refractivity contribution is 5.75. The molecule has 0 aliphatic rings. The number of aryl methyl sites for hydroxylation is 1. The summed E-state index contributed by atoms with van der Waals surface area (Å²) in [6.07, 6.45) is -1.24. The monoisotopic (exact) mass is 248 g/mol. The van der Waals surface area contributed by atoms with E-state index in [1.165, 1.54) is 13.2 Å². The van der Waals surface area contributed by atoms with E-state index in [4.69, 9.17) is 9.84 Å². The normalized spacial score (nSPS) is 11.4. The van der Waals surface area contributed by atoms with Crippen molar-refractivity contribution in [3.8, 4) is 5.75 Å². The predicted octanol–water partition coefficient (Wildman–Crippen LogP) is 2.41. The van der Waals surface area contributed by atoms with Gasteiger partial charge in [0.15, 0.2) is 0 Å². The zero-order chi connectivity index (χ0) is 13.2. The van der Waals surface area contributed by atoms with Gasteiger partial charge in [-0.25, -0.2) is 9.18 Å². The van der Waals surface area contributed by atoms with Crippen LogP contribution in [-0.2, 0) is 11.2 Å². The first-order valence-corrected chi connectivity index (χ1v) is 4.72. The summed E-state index contributed by atoms with van der Waals surface area (Å²) in [7, 11) is 1.20. The lowest BCUT2D eigenvalue weighted by Crippen LogP contribution is -2.31. The van der Waals surface area contributed by atoms with E-state index in [2.05, 4.69) is 0 Å². The third-order valence-corrected chi connectivity index (χ3v) is 2.23. The van der Waals surface area contributed by atoms with E-state index in [0.717, 1.165) is 6.07 Å². The zero-order valence-electron chi connectivity index (χ0n) is 9.26. The number of carbonyl (C=O) groups is 1. The number of benzene rings is 1. The Hall–Kier alpha value is -1.72. The first-order chi connectivity index (χ1) is 7.77. The highest BCUT2D eigenvalue weighted by atomic mass is 19.3. The van der Waals surface area contributed by atoms with Gasteiger partial charge in [0.1, 0.15) is 11.6 Å². The molecular weight excluding hydrogens is 237 g/mol. The van der Waals surface area contributed by atoms with E-state index in [1.54, 1.807) is 6.92 Å². The van der Waals surface area contributed by atoms with Crippen LogP contribution >= 0.6 is 0 Å². The number of carboxylic acids is 1. The third-order valence-electron chi connectivity index (χ3n) is 2.23. The number of halogens is 3. The fourth-order valence-electron chi connectivity index (χ4n) is 1.39. The molecule has 0 atom stereocenters. The largest absolute Gasteiger partial charge is 0.496 e. The second kappa shape index (κ2) is 4.65. The third kappa shape index (κ3) is 2.89. The maximum Gasteiger partial charge on any atom is 0.374 e. The number of hydrogen-bond donors (Lipinski definition) is 1. The Morgan fingerprint density at radius 2 is 2.06 bits per heavy atom. The van der Waals surface area contributed by atoms with E-state index in [-0.39, 0.29) is 5.75 Å². The van der Waals surface area contributed by atoms with Crippen LogP contribution in [0.25, 0.3) is 0 Å². The topological polar surface area (TPSA) is 46.5 Å². The molecule has 1 aromatic rings. The van der Waals surface area contributed by atoms with Crippen LogP contribution in [0.4, 0.5) is 13.2 Å². The Morgan fingerprint density at radius 3 is 2.53 bits per heavy atom. The van der Waals surface area contributed by atoms with Gasteiger partial charge in [-0.15, -0.1) is 0 Å². The molecule has 6 heteroatoms. The number of alkyl halides is 2. The molecule has 1 aromatic carbocycles. The second-order valence-corrected chi connectivity index (χ2v) is 3.61. The number of hydrogen-bond acceptors (Lipinski definition) is 2. The van der Waals surface area contributed by atoms with Crippen LogP contribution in [0.3, 0.4) is 0 Å². The minimum atomic E-state index is -4.02. The molecule has 17 heavy (non-hydrogen) atoms. The van der Waals surface area contributed by atoms with Gasteiger partial charge in [-0.2, -0.15) is 8.78 Å². The summed E-state index contributed by atoms with van der Waals surface area (Å²) in [5, 5.41) is 8.30. The summed E-state index contributed by atoms with van der Waals surface area (Å²) < 4.78 is 44.3. The van der Waals surface area contributed by atoms with Crippen molar-refractivity contribution >= 4 is 5.97 Å². The summed E-state index contributed by atoms with van der Waals surface area (Å²) in [4.78, 5) is 10.3. The number of ether oxygens (including phenoxy) is 1. The summed E-state index contributed by atoms with van der Waals surface area (Å²) in [5.41, 5.74) is 0.0623. The van der Waals surface area contributed by atoms with Crippen molar-refractivity contribution in [3.05, 3.63) is 29.1 Å². The summed E-state index contributed by atoms with van der Waals surface area (Å²) in [5.74, 6) is -7.30. The number of aliphatic carboxylic acids is 1. The van der Waals surface area contributed by atoms with E-state index in [9.17, 15) is 18.0 Å². The molecule has 3 nitrogen and oxygen atoms in total. The molecule has 0 spiro atoms. The molecular formula is C11H11F3O3. The Balaban J connectivity index is 3.18. The molecule has 0 saturated heterocycles. The van der Waals surface area contributed by atoms with Gasteiger partial charge in [0.25, 0.3) is 0 Å². The van der Waals surface area contributed by atoms with E-state index >= 15 is 0 Å². The lowest BCUT2D eigenvalue weighted by atomic mass is 10.0. The molecule has 0 saturated carbocycles. The second-order valence-electron chi connectivity index (χ2n) is 3.61. The first-order valence-electron chi connectivity index (χ1n) is 4.72. The molecule has 1 rings (SSSR count). The summed E-state index contributed by atoms with van der Waals surface area (Å²) in [6, 6.07) is 2.42. The minimum Gasteiger partial charge on any atom is -0.496 e. The van der Waals surface area contributed by atoms with Gasteiger partial charge in [-0.1, -0.05) is 0 Å². The van der Waals surface area contributed by atoms with Gasteiger partial charge in [-0.05, 0) is 24.6 Å². The molecule has 0 unspecified atom stereocenters. The minimum absolute atomic E-state index is 0.0802. The highest BCUT2D eigenvalue weighted by Gasteiger charge is 2.40. The van der Waals surface area contributed by atoms with Crippen LogP contribution in [0.15, 0.2) is 12.1 Å². The van der Waals surface area contributed by atoms with Crippen molar-refractivity contribution in [2.45, 2.75) is 19.3 Å². The molecule has 0 fully saturated rings. The van der Waals surface area contributed by atoms with Crippen LogP contribution in [0.1, 0.15) is 11.1 Å². The highest BCUT2D eigenvalue weighted by Crippen LogP contribution is 2.30. The summed E-state index contributed by atoms with van der Waals surface area (Å²) >= 11 is 0. The Bertz CT molecular complexity index is 444. The van der Waals surface area contributed by atoms with Gasteiger partial charge in [0.05, 0.1) is 13.5 Å². The maximum absolute atomic E-state index is 13.5. The lowest BCUT2D eigenvalue weighted by Gasteiger charge is -2.15. The molecule has 1 N–H and O–H groups in total. The lowest BCUT2D eigenvalue weighted by molar-refractivity contribution is -0.164. The molecule has 0 bridgehead atoms. The van der Waals surface area contributed by atoms with Crippen LogP contribution in [-0.4, -0.2) is 24.1 Å². The van der Waals surface area contributed by atoms with E-state index in [0.29, 0.717) is 5.56 Å². The van der Waals surface area contributed by atoms with Crippen molar-refractivity contribution in [2.24, 2.45) is 0 Å². The van der Waals surface area contributed by atoms with Crippen LogP contribution in [0, 0.1) is 12.7 Å². The Labute approximate surface area is 95.8 Å². The smallest absolute Gasteiger partial charge is 0.374 e. The SMILES string of the molecule is COc1cc(C)cc(F)c1CC(F)(F)C(=O)O. The Kier molecular flexibility index (Phi) is 3.65. The van der Waals surface area contributed by atoms with Crippen molar-refractivity contribution in [3.63, 3.8) is 0 Å². The fourth-order valence-corrected chi connectivity index (χ4v) is 1.39.